The zero-order valence-corrected chi connectivity index (χ0v) is 12.3. The van der Waals surface area contributed by atoms with E-state index >= 15 is 0 Å². The fourth-order valence-corrected chi connectivity index (χ4v) is 1.16. The molecule has 0 fully saturated rings. The lowest BCUT2D eigenvalue weighted by Crippen LogP contribution is -2.07. The summed E-state index contributed by atoms with van der Waals surface area (Å²) >= 11 is 3.15. The first-order valence-electron chi connectivity index (χ1n) is 6.00. The Labute approximate surface area is 123 Å². The summed E-state index contributed by atoms with van der Waals surface area (Å²) in [7, 11) is 0. The van der Waals surface area contributed by atoms with Crippen LogP contribution in [0.15, 0.2) is 23.2 Å². The van der Waals surface area contributed by atoms with E-state index in [0.717, 1.165) is 25.7 Å². The van der Waals surface area contributed by atoms with E-state index < -0.39 is 6.10 Å². The molecule has 0 aliphatic heterocycles. The lowest BCUT2D eigenvalue weighted by molar-refractivity contribution is 0.138. The molecule has 100 valence electrons. The molecule has 0 aliphatic carbocycles. The van der Waals surface area contributed by atoms with Gasteiger partial charge < -0.3 is 10.2 Å². The van der Waals surface area contributed by atoms with Gasteiger partial charge >= 0.3 is 0 Å². The summed E-state index contributed by atoms with van der Waals surface area (Å²) in [6, 6.07) is 0. The Hall–Kier alpha value is -1.44. The molecule has 1 atom stereocenters. The first-order chi connectivity index (χ1) is 9.31. The fraction of sp³-hybridized carbons (Fsp3) is 0.375. The average molecular weight is 321 g/mol. The molecule has 0 aromatic rings. The van der Waals surface area contributed by atoms with Crippen LogP contribution in [0.25, 0.3) is 0 Å². The smallest absolute Gasteiger partial charge is 0.138 e. The standard InChI is InChI=1S/C16H17BrO2/c17-14-12-10-8-6-4-2-1-3-5-7-9-11-13-16(19)15-18/h3,5,12,14,16,18-19H,1-2,4,6,15H2/b5-3+,14-12+/t16-/m1/s1. The molecule has 0 aliphatic rings. The second-order valence-corrected chi connectivity index (χ2v) is 4.03. The predicted octanol–water partition coefficient (Wildman–Crippen LogP) is 2.38. The van der Waals surface area contributed by atoms with Crippen LogP contribution in [0.5, 0.6) is 0 Å². The molecule has 19 heavy (non-hydrogen) atoms. The Balaban J connectivity index is 3.62. The topological polar surface area (TPSA) is 40.5 Å². The number of aliphatic hydroxyl groups is 2. The maximum absolute atomic E-state index is 8.91. The highest BCUT2D eigenvalue weighted by atomic mass is 79.9. The fourth-order valence-electron chi connectivity index (χ4n) is 1.02. The third kappa shape index (κ3) is 14.5. The van der Waals surface area contributed by atoms with Crippen LogP contribution >= 0.6 is 15.9 Å². The van der Waals surface area contributed by atoms with E-state index in [1.165, 1.54) is 0 Å². The van der Waals surface area contributed by atoms with Gasteiger partial charge in [0, 0.05) is 6.42 Å². The third-order valence-electron chi connectivity index (χ3n) is 1.92. The molecule has 0 spiro atoms. The Morgan fingerprint density at radius 2 is 1.95 bits per heavy atom. The maximum atomic E-state index is 8.91. The van der Waals surface area contributed by atoms with Gasteiger partial charge in [0.1, 0.15) is 6.10 Å². The van der Waals surface area contributed by atoms with E-state index in [-0.39, 0.29) is 6.61 Å². The van der Waals surface area contributed by atoms with Crippen LogP contribution in [0.1, 0.15) is 25.7 Å². The zero-order valence-electron chi connectivity index (χ0n) is 10.7. The summed E-state index contributed by atoms with van der Waals surface area (Å²) in [5, 5.41) is 17.4. The second kappa shape index (κ2) is 14.6. The molecule has 0 rings (SSSR count). The molecule has 2 N–H and O–H groups in total. The zero-order chi connectivity index (χ0) is 14.2. The van der Waals surface area contributed by atoms with Gasteiger partial charge in [0.2, 0.25) is 0 Å². The molecule has 0 aromatic heterocycles. The summed E-state index contributed by atoms with van der Waals surface area (Å²) < 4.78 is 0. The molecule has 0 unspecified atom stereocenters. The minimum atomic E-state index is -1.00. The van der Waals surface area contributed by atoms with Gasteiger partial charge in [-0.2, -0.15) is 0 Å². The molecule has 0 saturated carbocycles. The van der Waals surface area contributed by atoms with Gasteiger partial charge in [-0.25, -0.2) is 0 Å². The SMILES string of the molecule is OC[C@H](O)C#CC#C/C=C/CCCCC#C/C=C/Br. The van der Waals surface area contributed by atoms with Crippen molar-refractivity contribution in [3.63, 3.8) is 0 Å². The molecular formula is C16H17BrO2. The lowest BCUT2D eigenvalue weighted by Gasteiger charge is -1.90. The number of unbranched alkanes of at least 4 members (excludes halogenated alkanes) is 3. The Morgan fingerprint density at radius 3 is 2.68 bits per heavy atom. The van der Waals surface area contributed by atoms with Crippen molar-refractivity contribution in [2.45, 2.75) is 31.8 Å². The summed E-state index contributed by atoms with van der Waals surface area (Å²) in [5.74, 6) is 16.1. The van der Waals surface area contributed by atoms with Crippen molar-refractivity contribution in [1.82, 2.24) is 0 Å². The van der Waals surface area contributed by atoms with Crippen LogP contribution in [0.4, 0.5) is 0 Å². The maximum Gasteiger partial charge on any atom is 0.138 e. The molecule has 0 radical (unpaired) electrons. The van der Waals surface area contributed by atoms with Crippen molar-refractivity contribution < 1.29 is 10.2 Å². The molecule has 0 heterocycles. The molecular weight excluding hydrogens is 304 g/mol. The number of rotatable bonds is 5. The predicted molar refractivity (Wildman–Crippen MR) is 82.1 cm³/mol. The Kier molecular flexibility index (Phi) is 13.5. The van der Waals surface area contributed by atoms with Crippen molar-refractivity contribution >= 4 is 15.9 Å². The van der Waals surface area contributed by atoms with Crippen LogP contribution in [0, 0.1) is 35.5 Å². The normalized spacial score (nSPS) is 11.1. The highest BCUT2D eigenvalue weighted by Gasteiger charge is 1.90. The van der Waals surface area contributed by atoms with Crippen molar-refractivity contribution in [2.24, 2.45) is 0 Å². The molecule has 2 nitrogen and oxygen atoms in total. The Morgan fingerprint density at radius 1 is 1.11 bits per heavy atom. The number of hydrogen-bond donors (Lipinski definition) is 2. The largest absolute Gasteiger partial charge is 0.393 e. The number of halogens is 1. The summed E-state index contributed by atoms with van der Waals surface area (Å²) in [4.78, 5) is 1.74. The highest BCUT2D eigenvalue weighted by molar-refractivity contribution is 9.11. The molecule has 0 amide bonds. The summed E-state index contributed by atoms with van der Waals surface area (Å²) in [6.07, 6.45) is 8.53. The third-order valence-corrected chi connectivity index (χ3v) is 2.18. The van der Waals surface area contributed by atoms with Gasteiger partial charge in [0.05, 0.1) is 6.61 Å². The number of hydrogen-bond acceptors (Lipinski definition) is 2. The lowest BCUT2D eigenvalue weighted by atomic mass is 10.2. The molecule has 0 saturated heterocycles. The first kappa shape index (κ1) is 17.6. The van der Waals surface area contributed by atoms with Crippen LogP contribution in [-0.4, -0.2) is 22.9 Å². The van der Waals surface area contributed by atoms with Crippen LogP contribution in [0.2, 0.25) is 0 Å². The minimum Gasteiger partial charge on any atom is -0.393 e. The van der Waals surface area contributed by atoms with E-state index in [1.54, 1.807) is 17.1 Å². The quantitative estimate of drug-likeness (QED) is 0.603. The van der Waals surface area contributed by atoms with Gasteiger partial charge in [-0.1, -0.05) is 45.7 Å². The highest BCUT2D eigenvalue weighted by Crippen LogP contribution is 1.99. The van der Waals surface area contributed by atoms with Gasteiger partial charge in [-0.3, -0.25) is 0 Å². The monoisotopic (exact) mass is 320 g/mol. The van der Waals surface area contributed by atoms with Crippen LogP contribution in [-0.2, 0) is 0 Å². The van der Waals surface area contributed by atoms with Gasteiger partial charge in [-0.15, -0.1) is 0 Å². The van der Waals surface area contributed by atoms with Gasteiger partial charge in [-0.05, 0) is 48.2 Å². The number of allylic oxidation sites excluding steroid dienone is 3. The van der Waals surface area contributed by atoms with Crippen molar-refractivity contribution in [3.8, 4) is 35.5 Å². The molecule has 0 bridgehead atoms. The average Bonchev–Trinajstić information content (AvgIpc) is 2.43. The Bertz CT molecular complexity index is 458. The van der Waals surface area contributed by atoms with E-state index in [0.29, 0.717) is 0 Å². The van der Waals surface area contributed by atoms with Crippen molar-refractivity contribution in [1.29, 1.82) is 0 Å². The minimum absolute atomic E-state index is 0.362. The molecule has 3 heteroatoms. The van der Waals surface area contributed by atoms with Crippen molar-refractivity contribution in [3.05, 3.63) is 23.2 Å². The van der Waals surface area contributed by atoms with Crippen LogP contribution < -0.4 is 0 Å². The number of aliphatic hydroxyl groups excluding tert-OH is 2. The molecule has 0 aromatic carbocycles. The van der Waals surface area contributed by atoms with Gasteiger partial charge in [0.25, 0.3) is 0 Å². The first-order valence-corrected chi connectivity index (χ1v) is 6.91. The summed E-state index contributed by atoms with van der Waals surface area (Å²) in [6.45, 7) is -0.362. The van der Waals surface area contributed by atoms with Crippen molar-refractivity contribution in [2.75, 3.05) is 6.61 Å². The summed E-state index contributed by atoms with van der Waals surface area (Å²) in [5.41, 5.74) is 0. The van der Waals surface area contributed by atoms with E-state index in [4.69, 9.17) is 10.2 Å². The van der Waals surface area contributed by atoms with E-state index in [2.05, 4.69) is 51.5 Å². The van der Waals surface area contributed by atoms with E-state index in [9.17, 15) is 0 Å². The van der Waals surface area contributed by atoms with E-state index in [1.807, 2.05) is 6.08 Å². The second-order valence-electron chi connectivity index (χ2n) is 3.50. The van der Waals surface area contributed by atoms with Gasteiger partial charge in [0.15, 0.2) is 0 Å². The van der Waals surface area contributed by atoms with Crippen LogP contribution in [0.3, 0.4) is 0 Å².